The van der Waals surface area contributed by atoms with Crippen molar-refractivity contribution < 1.29 is 23.1 Å². The molecular formula is C11H11F3O2S. The molecule has 0 spiro atoms. The second kappa shape index (κ2) is 5.44. The van der Waals surface area contributed by atoms with Crippen LogP contribution in [0.2, 0.25) is 0 Å². The molecule has 94 valence electrons. The molecule has 0 radical (unpaired) electrons. The molecule has 2 nitrogen and oxygen atoms in total. The minimum atomic E-state index is -4.36. The van der Waals surface area contributed by atoms with Crippen LogP contribution in [-0.2, 0) is 11.2 Å². The van der Waals surface area contributed by atoms with Gasteiger partial charge in [0.25, 0.3) is 0 Å². The summed E-state index contributed by atoms with van der Waals surface area (Å²) < 4.78 is 37.0. The van der Waals surface area contributed by atoms with Gasteiger partial charge in [0, 0.05) is 11.3 Å². The van der Waals surface area contributed by atoms with Gasteiger partial charge in [-0.2, -0.15) is 13.2 Å². The number of thioether (sulfide) groups is 1. The fourth-order valence-corrected chi connectivity index (χ4v) is 2.18. The molecule has 0 atom stereocenters. The molecule has 1 N–H and O–H groups in total. The van der Waals surface area contributed by atoms with E-state index in [-0.39, 0.29) is 29.5 Å². The minimum Gasteiger partial charge on any atom is -0.481 e. The van der Waals surface area contributed by atoms with Crippen LogP contribution in [0.1, 0.15) is 17.5 Å². The molecule has 17 heavy (non-hydrogen) atoms. The fourth-order valence-electron chi connectivity index (χ4n) is 1.41. The Morgan fingerprint density at radius 1 is 1.41 bits per heavy atom. The molecule has 0 bridgehead atoms. The van der Waals surface area contributed by atoms with Gasteiger partial charge in [-0.15, -0.1) is 0 Å². The predicted octanol–water partition coefficient (Wildman–Crippen LogP) is 3.62. The van der Waals surface area contributed by atoms with Gasteiger partial charge in [-0.1, -0.05) is 18.2 Å². The van der Waals surface area contributed by atoms with Crippen molar-refractivity contribution >= 4 is 17.7 Å². The summed E-state index contributed by atoms with van der Waals surface area (Å²) in [6.45, 7) is 1.58. The molecule has 0 unspecified atom stereocenters. The number of rotatable bonds is 4. The molecule has 0 saturated heterocycles. The number of alkyl halides is 3. The molecule has 0 aliphatic rings. The van der Waals surface area contributed by atoms with E-state index in [0.29, 0.717) is 11.1 Å². The zero-order valence-corrected chi connectivity index (χ0v) is 9.86. The summed E-state index contributed by atoms with van der Waals surface area (Å²) in [5.41, 5.74) is -3.42. The van der Waals surface area contributed by atoms with Crippen LogP contribution in [-0.4, -0.2) is 16.6 Å². The van der Waals surface area contributed by atoms with Crippen LogP contribution in [0.3, 0.4) is 0 Å². The van der Waals surface area contributed by atoms with E-state index in [4.69, 9.17) is 5.11 Å². The molecular weight excluding hydrogens is 253 g/mol. The smallest absolute Gasteiger partial charge is 0.446 e. The summed E-state index contributed by atoms with van der Waals surface area (Å²) in [5.74, 6) is -1.02. The number of hydrogen-bond acceptors (Lipinski definition) is 2. The Hall–Kier alpha value is -1.17. The average molecular weight is 264 g/mol. The normalized spacial score (nSPS) is 11.5. The maximum atomic E-state index is 12.3. The third-order valence-electron chi connectivity index (χ3n) is 2.12. The molecule has 0 amide bonds. The van der Waals surface area contributed by atoms with Crippen molar-refractivity contribution in [3.05, 3.63) is 29.3 Å². The summed E-state index contributed by atoms with van der Waals surface area (Å²) in [6.07, 6.45) is -0.0652. The first-order valence-electron chi connectivity index (χ1n) is 4.85. The number of halogens is 3. The first kappa shape index (κ1) is 13.9. The molecule has 0 aliphatic carbocycles. The molecule has 0 aliphatic heterocycles. The van der Waals surface area contributed by atoms with E-state index in [1.807, 2.05) is 0 Å². The molecule has 1 aromatic carbocycles. The summed E-state index contributed by atoms with van der Waals surface area (Å²) in [4.78, 5) is 10.5. The second-order valence-corrected chi connectivity index (χ2v) is 4.58. The number of carboxylic acid groups (broad SMARTS) is 1. The van der Waals surface area contributed by atoms with Gasteiger partial charge < -0.3 is 5.11 Å². The van der Waals surface area contributed by atoms with Gasteiger partial charge in [0.2, 0.25) is 0 Å². The lowest BCUT2D eigenvalue weighted by molar-refractivity contribution is -0.136. The maximum Gasteiger partial charge on any atom is 0.446 e. The topological polar surface area (TPSA) is 37.3 Å². The first-order valence-corrected chi connectivity index (χ1v) is 5.67. The highest BCUT2D eigenvalue weighted by atomic mass is 32.2. The SMILES string of the molecule is Cc1cccc(CCC(=O)O)c1SC(F)(F)F. The van der Waals surface area contributed by atoms with E-state index in [9.17, 15) is 18.0 Å². The van der Waals surface area contributed by atoms with Crippen molar-refractivity contribution in [1.29, 1.82) is 0 Å². The zero-order chi connectivity index (χ0) is 13.1. The Balaban J connectivity index is 2.96. The summed E-state index contributed by atoms with van der Waals surface area (Å²) >= 11 is -0.187. The van der Waals surface area contributed by atoms with Gasteiger partial charge in [0.15, 0.2) is 0 Å². The number of carbonyl (C=O) groups is 1. The Labute approximate surface area is 101 Å². The number of aryl methyl sites for hydroxylation is 2. The third kappa shape index (κ3) is 4.68. The molecule has 6 heteroatoms. The van der Waals surface area contributed by atoms with Crippen LogP contribution < -0.4 is 0 Å². The van der Waals surface area contributed by atoms with Gasteiger partial charge in [0.05, 0.1) is 0 Å². The Morgan fingerprint density at radius 2 is 2.06 bits per heavy atom. The van der Waals surface area contributed by atoms with Gasteiger partial charge in [-0.05, 0) is 36.2 Å². The maximum absolute atomic E-state index is 12.3. The Bertz CT molecular complexity index is 416. The molecule has 1 rings (SSSR count). The van der Waals surface area contributed by atoms with E-state index in [0.717, 1.165) is 0 Å². The lowest BCUT2D eigenvalue weighted by Crippen LogP contribution is -2.04. The molecule has 0 heterocycles. The van der Waals surface area contributed by atoms with Crippen molar-refractivity contribution in [1.82, 2.24) is 0 Å². The van der Waals surface area contributed by atoms with Crippen molar-refractivity contribution in [3.63, 3.8) is 0 Å². The predicted molar refractivity (Wildman–Crippen MR) is 59.0 cm³/mol. The number of carboxylic acids is 1. The van der Waals surface area contributed by atoms with Gasteiger partial charge in [0.1, 0.15) is 0 Å². The zero-order valence-electron chi connectivity index (χ0n) is 9.04. The highest BCUT2D eigenvalue weighted by Crippen LogP contribution is 2.40. The van der Waals surface area contributed by atoms with Crippen LogP contribution >= 0.6 is 11.8 Å². The first-order chi connectivity index (χ1) is 7.79. The van der Waals surface area contributed by atoms with Crippen LogP contribution in [0.15, 0.2) is 23.1 Å². The summed E-state index contributed by atoms with van der Waals surface area (Å²) in [7, 11) is 0. The lowest BCUT2D eigenvalue weighted by Gasteiger charge is -2.13. The summed E-state index contributed by atoms with van der Waals surface area (Å²) in [5, 5.41) is 8.54. The van der Waals surface area contributed by atoms with E-state index in [1.54, 1.807) is 19.1 Å². The van der Waals surface area contributed by atoms with Crippen LogP contribution in [0.5, 0.6) is 0 Å². The number of benzene rings is 1. The van der Waals surface area contributed by atoms with E-state index in [1.165, 1.54) is 6.07 Å². The van der Waals surface area contributed by atoms with E-state index < -0.39 is 11.5 Å². The Kier molecular flexibility index (Phi) is 4.45. The number of aliphatic carboxylic acids is 1. The Morgan fingerprint density at radius 3 is 2.59 bits per heavy atom. The number of hydrogen-bond donors (Lipinski definition) is 1. The minimum absolute atomic E-state index is 0.107. The largest absolute Gasteiger partial charge is 0.481 e. The summed E-state index contributed by atoms with van der Waals surface area (Å²) in [6, 6.07) is 4.75. The van der Waals surface area contributed by atoms with Crippen LogP contribution in [0.4, 0.5) is 13.2 Å². The van der Waals surface area contributed by atoms with Crippen LogP contribution in [0.25, 0.3) is 0 Å². The van der Waals surface area contributed by atoms with Gasteiger partial charge in [-0.25, -0.2) is 0 Å². The quantitative estimate of drug-likeness (QED) is 0.844. The molecule has 1 aromatic rings. The third-order valence-corrected chi connectivity index (χ3v) is 3.14. The molecule has 0 aromatic heterocycles. The van der Waals surface area contributed by atoms with E-state index >= 15 is 0 Å². The average Bonchev–Trinajstić information content (AvgIpc) is 2.17. The highest BCUT2D eigenvalue weighted by Gasteiger charge is 2.31. The van der Waals surface area contributed by atoms with Gasteiger partial charge in [-0.3, -0.25) is 4.79 Å². The van der Waals surface area contributed by atoms with Gasteiger partial charge >= 0.3 is 11.5 Å². The van der Waals surface area contributed by atoms with Crippen molar-refractivity contribution in [2.75, 3.05) is 0 Å². The van der Waals surface area contributed by atoms with Crippen molar-refractivity contribution in [3.8, 4) is 0 Å². The molecule has 0 fully saturated rings. The lowest BCUT2D eigenvalue weighted by atomic mass is 10.1. The molecule has 0 saturated carbocycles. The highest BCUT2D eigenvalue weighted by molar-refractivity contribution is 8.00. The monoisotopic (exact) mass is 264 g/mol. The van der Waals surface area contributed by atoms with E-state index in [2.05, 4.69) is 0 Å². The van der Waals surface area contributed by atoms with Crippen molar-refractivity contribution in [2.24, 2.45) is 0 Å². The fraction of sp³-hybridized carbons (Fsp3) is 0.364. The second-order valence-electron chi connectivity index (χ2n) is 3.50. The van der Waals surface area contributed by atoms with Crippen LogP contribution in [0, 0.1) is 6.92 Å². The van der Waals surface area contributed by atoms with Crippen molar-refractivity contribution in [2.45, 2.75) is 30.2 Å². The standard InChI is InChI=1S/C11H11F3O2S/c1-7-3-2-4-8(5-6-9(15)16)10(7)17-11(12,13)14/h2-4H,5-6H2,1H3,(H,15,16).